The van der Waals surface area contributed by atoms with Gasteiger partial charge in [0, 0.05) is 18.2 Å². The van der Waals surface area contributed by atoms with E-state index in [1.807, 2.05) is 6.92 Å². The number of ether oxygens (including phenoxy) is 2. The quantitative estimate of drug-likeness (QED) is 0.828. The molecule has 2 aliphatic heterocycles. The van der Waals surface area contributed by atoms with Gasteiger partial charge in [0.25, 0.3) is 5.91 Å². The van der Waals surface area contributed by atoms with Crippen molar-refractivity contribution in [2.75, 3.05) is 19.8 Å². The van der Waals surface area contributed by atoms with E-state index in [-0.39, 0.29) is 5.91 Å². The smallest absolute Gasteiger partial charge is 0.260 e. The number of benzene rings is 1. The minimum absolute atomic E-state index is 0.0425. The second-order valence-electron chi connectivity index (χ2n) is 5.44. The van der Waals surface area contributed by atoms with Gasteiger partial charge < -0.3 is 14.4 Å². The van der Waals surface area contributed by atoms with E-state index in [9.17, 15) is 4.79 Å². The molecule has 0 fully saturated rings. The monoisotopic (exact) mass is 334 g/mol. The molecule has 23 heavy (non-hydrogen) atoms. The van der Waals surface area contributed by atoms with Crippen molar-refractivity contribution in [3.63, 3.8) is 0 Å². The summed E-state index contributed by atoms with van der Waals surface area (Å²) in [6.45, 7) is 5.56. The number of hydrogen-bond acceptors (Lipinski definition) is 4. The highest BCUT2D eigenvalue weighted by atomic mass is 35.5. The standard InChI is InChI=1S/C17H19ClN2O3/c1-3-5-6-20-10-19-16-12(17(20)21)7-11-8-13(18)15(22-4-2)9-14(11)23-16/h7-9H,3-6,10H2,1-2H3. The number of halogens is 1. The van der Waals surface area contributed by atoms with Gasteiger partial charge in [-0.15, -0.1) is 0 Å². The topological polar surface area (TPSA) is 51.1 Å². The van der Waals surface area contributed by atoms with Crippen LogP contribution in [0.15, 0.2) is 22.7 Å². The van der Waals surface area contributed by atoms with Crippen LogP contribution in [-0.4, -0.2) is 36.5 Å². The largest absolute Gasteiger partial charge is 0.492 e. The summed E-state index contributed by atoms with van der Waals surface area (Å²) >= 11 is 6.21. The molecule has 6 heteroatoms. The molecular weight excluding hydrogens is 316 g/mol. The summed E-state index contributed by atoms with van der Waals surface area (Å²) in [5, 5.41) is 0.498. The molecule has 0 aromatic heterocycles. The lowest BCUT2D eigenvalue weighted by Gasteiger charge is -2.29. The number of carbonyl (C=O) groups excluding carboxylic acids is 1. The van der Waals surface area contributed by atoms with Crippen molar-refractivity contribution < 1.29 is 14.3 Å². The molecule has 2 aliphatic rings. The first-order valence-corrected chi connectivity index (χ1v) is 8.21. The first-order chi connectivity index (χ1) is 11.1. The third-order valence-electron chi connectivity index (χ3n) is 3.79. The number of rotatable bonds is 5. The van der Waals surface area contributed by atoms with E-state index in [0.717, 1.165) is 18.4 Å². The van der Waals surface area contributed by atoms with Crippen LogP contribution >= 0.6 is 11.6 Å². The predicted octanol–water partition coefficient (Wildman–Crippen LogP) is 3.51. The van der Waals surface area contributed by atoms with E-state index in [1.54, 1.807) is 23.1 Å². The van der Waals surface area contributed by atoms with Gasteiger partial charge in [-0.25, -0.2) is 4.99 Å². The Hall–Kier alpha value is -2.01. The summed E-state index contributed by atoms with van der Waals surface area (Å²) in [7, 11) is 0. The maximum absolute atomic E-state index is 12.6. The van der Waals surface area contributed by atoms with Crippen LogP contribution in [0, 0.1) is 0 Å². The Balaban J connectivity index is 1.93. The van der Waals surface area contributed by atoms with E-state index >= 15 is 0 Å². The molecule has 1 amide bonds. The SMILES string of the molecule is CCCCN1CN=C2Oc3cc(OCC)c(Cl)cc3C=C2C1=O. The lowest BCUT2D eigenvalue weighted by atomic mass is 10.0. The molecule has 3 rings (SSSR count). The fourth-order valence-electron chi connectivity index (χ4n) is 2.57. The Morgan fingerprint density at radius 1 is 1.39 bits per heavy atom. The van der Waals surface area contributed by atoms with Crippen molar-refractivity contribution >= 4 is 29.5 Å². The number of carbonyl (C=O) groups is 1. The minimum Gasteiger partial charge on any atom is -0.492 e. The highest BCUT2D eigenvalue weighted by molar-refractivity contribution is 6.32. The van der Waals surface area contributed by atoms with Gasteiger partial charge in [-0.05, 0) is 25.5 Å². The van der Waals surface area contributed by atoms with Crippen LogP contribution in [0.5, 0.6) is 11.5 Å². The molecule has 0 N–H and O–H groups in total. The van der Waals surface area contributed by atoms with Gasteiger partial charge in [0.1, 0.15) is 23.7 Å². The lowest BCUT2D eigenvalue weighted by molar-refractivity contribution is -0.127. The van der Waals surface area contributed by atoms with Crippen molar-refractivity contribution in [1.82, 2.24) is 4.90 Å². The second kappa shape index (κ2) is 6.62. The van der Waals surface area contributed by atoms with Gasteiger partial charge in [-0.3, -0.25) is 4.79 Å². The van der Waals surface area contributed by atoms with Gasteiger partial charge in [0.2, 0.25) is 5.90 Å². The van der Waals surface area contributed by atoms with Gasteiger partial charge in [0.05, 0.1) is 11.6 Å². The lowest BCUT2D eigenvalue weighted by Crippen LogP contribution is -2.41. The second-order valence-corrected chi connectivity index (χ2v) is 5.85. The molecule has 0 radical (unpaired) electrons. The zero-order valence-electron chi connectivity index (χ0n) is 13.3. The zero-order valence-corrected chi connectivity index (χ0v) is 14.0. The number of fused-ring (bicyclic) bond motifs is 2. The van der Waals surface area contributed by atoms with Gasteiger partial charge in [-0.1, -0.05) is 24.9 Å². The van der Waals surface area contributed by atoms with Gasteiger partial charge >= 0.3 is 0 Å². The molecule has 0 saturated carbocycles. The first-order valence-electron chi connectivity index (χ1n) is 7.84. The summed E-state index contributed by atoms with van der Waals surface area (Å²) in [4.78, 5) is 18.7. The van der Waals surface area contributed by atoms with Crippen molar-refractivity contribution in [2.24, 2.45) is 4.99 Å². The van der Waals surface area contributed by atoms with E-state index in [2.05, 4.69) is 11.9 Å². The molecule has 0 spiro atoms. The average molecular weight is 335 g/mol. The highest BCUT2D eigenvalue weighted by Gasteiger charge is 2.31. The maximum Gasteiger partial charge on any atom is 0.260 e. The summed E-state index contributed by atoms with van der Waals surface area (Å²) in [6, 6.07) is 3.49. The normalized spacial score (nSPS) is 16.1. The fourth-order valence-corrected chi connectivity index (χ4v) is 2.80. The molecule has 122 valence electrons. The number of aliphatic imine (C=N–C) groups is 1. The predicted molar refractivity (Wildman–Crippen MR) is 90.1 cm³/mol. The number of amides is 1. The molecule has 2 heterocycles. The number of nitrogens with zero attached hydrogens (tertiary/aromatic N) is 2. The van der Waals surface area contributed by atoms with E-state index in [4.69, 9.17) is 21.1 Å². The minimum atomic E-state index is -0.0425. The highest BCUT2D eigenvalue weighted by Crippen LogP contribution is 2.37. The van der Waals surface area contributed by atoms with Crippen molar-refractivity contribution in [3.05, 3.63) is 28.3 Å². The summed E-state index contributed by atoms with van der Waals surface area (Å²) < 4.78 is 11.3. The first kappa shape index (κ1) is 15.9. The molecule has 0 bridgehead atoms. The van der Waals surface area contributed by atoms with E-state index < -0.39 is 0 Å². The molecule has 0 atom stereocenters. The van der Waals surface area contributed by atoms with Crippen LogP contribution < -0.4 is 9.47 Å². The Bertz CT molecular complexity index is 697. The molecule has 1 aromatic rings. The summed E-state index contributed by atoms with van der Waals surface area (Å²) in [5.41, 5.74) is 1.25. The Morgan fingerprint density at radius 2 is 2.22 bits per heavy atom. The van der Waals surface area contributed by atoms with Crippen LogP contribution in [-0.2, 0) is 4.79 Å². The molecule has 1 aromatic carbocycles. The van der Waals surface area contributed by atoms with E-state index in [0.29, 0.717) is 47.8 Å². The number of hydrogen-bond donors (Lipinski definition) is 0. The van der Waals surface area contributed by atoms with Crippen molar-refractivity contribution in [1.29, 1.82) is 0 Å². The Morgan fingerprint density at radius 3 is 2.96 bits per heavy atom. The molecule has 0 saturated heterocycles. The summed E-state index contributed by atoms with van der Waals surface area (Å²) in [5.74, 6) is 1.51. The van der Waals surface area contributed by atoms with Crippen molar-refractivity contribution in [2.45, 2.75) is 26.7 Å². The third kappa shape index (κ3) is 3.06. The van der Waals surface area contributed by atoms with E-state index in [1.165, 1.54) is 0 Å². The molecule has 0 aliphatic carbocycles. The van der Waals surface area contributed by atoms with Gasteiger partial charge in [-0.2, -0.15) is 0 Å². The summed E-state index contributed by atoms with van der Waals surface area (Å²) in [6.07, 6.45) is 3.79. The van der Waals surface area contributed by atoms with Gasteiger partial charge in [0.15, 0.2) is 0 Å². The molecular formula is C17H19ClN2O3. The van der Waals surface area contributed by atoms with Crippen LogP contribution in [0.25, 0.3) is 6.08 Å². The van der Waals surface area contributed by atoms with Crippen LogP contribution in [0.2, 0.25) is 5.02 Å². The Labute approximate surface area is 140 Å². The average Bonchev–Trinajstić information content (AvgIpc) is 2.54. The molecule has 0 unspecified atom stereocenters. The van der Waals surface area contributed by atoms with Crippen LogP contribution in [0.3, 0.4) is 0 Å². The van der Waals surface area contributed by atoms with Crippen LogP contribution in [0.1, 0.15) is 32.3 Å². The molecule has 5 nitrogen and oxygen atoms in total. The maximum atomic E-state index is 12.6. The fraction of sp³-hybridized carbons (Fsp3) is 0.412. The van der Waals surface area contributed by atoms with Crippen molar-refractivity contribution in [3.8, 4) is 11.5 Å². The Kier molecular flexibility index (Phi) is 4.57. The van der Waals surface area contributed by atoms with Crippen LogP contribution in [0.4, 0.5) is 0 Å². The third-order valence-corrected chi connectivity index (χ3v) is 4.08. The zero-order chi connectivity index (χ0) is 16.4. The number of unbranched alkanes of at least 4 members (excludes halogenated alkanes) is 1.